The number of pyridine rings is 1. The summed E-state index contributed by atoms with van der Waals surface area (Å²) in [6.45, 7) is 0.699. The van der Waals surface area contributed by atoms with Gasteiger partial charge in [0, 0.05) is 29.3 Å². The van der Waals surface area contributed by atoms with E-state index in [0.29, 0.717) is 18.0 Å². The van der Waals surface area contributed by atoms with Gasteiger partial charge in [0.05, 0.1) is 26.8 Å². The highest BCUT2D eigenvalue weighted by Gasteiger charge is 2.21. The van der Waals surface area contributed by atoms with Crippen LogP contribution in [0.1, 0.15) is 5.56 Å². The van der Waals surface area contributed by atoms with Gasteiger partial charge in [-0.25, -0.2) is 0 Å². The van der Waals surface area contributed by atoms with Crippen LogP contribution in [0, 0.1) is 0 Å². The lowest BCUT2D eigenvalue weighted by molar-refractivity contribution is 0.355. The minimum Gasteiger partial charge on any atom is -0.497 e. The second-order valence-electron chi connectivity index (χ2n) is 7.51. The highest BCUT2D eigenvalue weighted by Crippen LogP contribution is 2.39. The van der Waals surface area contributed by atoms with Crippen molar-refractivity contribution in [3.63, 3.8) is 0 Å². The third kappa shape index (κ3) is 3.39. The highest BCUT2D eigenvalue weighted by molar-refractivity contribution is 5.98. The Balaban J connectivity index is 1.68. The summed E-state index contributed by atoms with van der Waals surface area (Å²) in [5, 5.41) is 10.1. The van der Waals surface area contributed by atoms with E-state index in [2.05, 4.69) is 45.2 Å². The van der Waals surface area contributed by atoms with E-state index in [1.807, 2.05) is 42.5 Å². The lowest BCUT2D eigenvalue weighted by atomic mass is 10.0. The van der Waals surface area contributed by atoms with Crippen LogP contribution in [-0.2, 0) is 6.54 Å². The van der Waals surface area contributed by atoms with E-state index in [1.54, 1.807) is 21.3 Å². The van der Waals surface area contributed by atoms with Crippen molar-refractivity contribution in [2.24, 2.45) is 0 Å². The Kier molecular flexibility index (Phi) is 5.11. The fourth-order valence-electron chi connectivity index (χ4n) is 4.09. The second-order valence-corrected chi connectivity index (χ2v) is 7.51. The molecule has 0 aromatic heterocycles. The van der Waals surface area contributed by atoms with E-state index in [4.69, 9.17) is 14.2 Å². The first-order valence-electron chi connectivity index (χ1n) is 10.3. The molecule has 0 atom stereocenters. The predicted octanol–water partition coefficient (Wildman–Crippen LogP) is 5.28. The van der Waals surface area contributed by atoms with Gasteiger partial charge in [0.15, 0.2) is 11.5 Å². The molecule has 2 aliphatic rings. The van der Waals surface area contributed by atoms with Gasteiger partial charge in [-0.1, -0.05) is 30.3 Å². The summed E-state index contributed by atoms with van der Waals surface area (Å²) in [6.07, 6.45) is 2.13. The molecule has 2 heterocycles. The lowest BCUT2D eigenvalue weighted by Crippen LogP contribution is -2.04. The van der Waals surface area contributed by atoms with Crippen LogP contribution in [0.3, 0.4) is 0 Å². The van der Waals surface area contributed by atoms with Crippen LogP contribution in [-0.4, -0.2) is 36.1 Å². The number of nitrogens with zero attached hydrogens (tertiary/aromatic N) is 3. The van der Waals surface area contributed by atoms with Crippen LogP contribution in [0.25, 0.3) is 33.4 Å². The number of hydrogen-bond acceptors (Lipinski definition) is 5. The molecule has 6 nitrogen and oxygen atoms in total. The van der Waals surface area contributed by atoms with Crippen molar-refractivity contribution >= 4 is 10.9 Å². The van der Waals surface area contributed by atoms with Gasteiger partial charge >= 0.3 is 0 Å². The molecule has 160 valence electrons. The Hall–Kier alpha value is -4.06. The molecule has 5 rings (SSSR count). The number of hydrogen-bond donors (Lipinski definition) is 0. The van der Waals surface area contributed by atoms with Crippen molar-refractivity contribution in [2.45, 2.75) is 6.54 Å². The minimum absolute atomic E-state index is 0.659. The zero-order valence-corrected chi connectivity index (χ0v) is 18.2. The standard InChI is InChI=1S/C26H23N3O3/c1-30-19-8-6-7-17(13-19)15-29-16-21-25(18-11-12-23(31-2)24(14-18)32-3)27-28-26(21)20-9-4-5-10-22(20)29/h4-14,16H,15H2,1-3H3. The molecule has 32 heavy (non-hydrogen) atoms. The summed E-state index contributed by atoms with van der Waals surface area (Å²) in [6, 6.07) is 22.2. The third-order valence-electron chi connectivity index (χ3n) is 5.66. The lowest BCUT2D eigenvalue weighted by Gasteiger charge is -2.16. The quantitative estimate of drug-likeness (QED) is 0.371. The molecule has 6 heteroatoms. The van der Waals surface area contributed by atoms with Crippen molar-refractivity contribution in [1.82, 2.24) is 14.8 Å². The fourth-order valence-corrected chi connectivity index (χ4v) is 4.09. The van der Waals surface area contributed by atoms with E-state index in [9.17, 15) is 0 Å². The molecule has 3 aromatic carbocycles. The number of fused-ring (bicyclic) bond motifs is 3. The van der Waals surface area contributed by atoms with Crippen molar-refractivity contribution in [3.05, 3.63) is 78.5 Å². The monoisotopic (exact) mass is 425 g/mol. The second kappa shape index (κ2) is 8.23. The van der Waals surface area contributed by atoms with Crippen LogP contribution in [0.4, 0.5) is 0 Å². The van der Waals surface area contributed by atoms with E-state index < -0.39 is 0 Å². The number of ether oxygens (including phenoxy) is 3. The largest absolute Gasteiger partial charge is 0.497 e. The van der Waals surface area contributed by atoms with E-state index >= 15 is 0 Å². The molecular formula is C26H23N3O3. The number of benzene rings is 3. The maximum Gasteiger partial charge on any atom is 0.161 e. The van der Waals surface area contributed by atoms with Crippen molar-refractivity contribution < 1.29 is 14.2 Å². The Bertz CT molecular complexity index is 1380. The molecule has 0 bridgehead atoms. The molecule has 0 fully saturated rings. The Labute approximate surface area is 186 Å². The molecule has 0 unspecified atom stereocenters. The Morgan fingerprint density at radius 2 is 1.56 bits per heavy atom. The van der Waals surface area contributed by atoms with Crippen LogP contribution < -0.4 is 14.2 Å². The van der Waals surface area contributed by atoms with Gasteiger partial charge in [-0.15, -0.1) is 10.2 Å². The zero-order valence-electron chi connectivity index (χ0n) is 18.2. The van der Waals surface area contributed by atoms with Crippen LogP contribution in [0.15, 0.2) is 72.9 Å². The molecule has 0 amide bonds. The van der Waals surface area contributed by atoms with Crippen molar-refractivity contribution in [2.75, 3.05) is 21.3 Å². The number of rotatable bonds is 6. The first-order chi connectivity index (χ1) is 15.7. The van der Waals surface area contributed by atoms with Gasteiger partial charge in [-0.2, -0.15) is 0 Å². The maximum absolute atomic E-state index is 5.49. The Morgan fingerprint density at radius 1 is 0.750 bits per heavy atom. The molecule has 0 saturated carbocycles. The zero-order chi connectivity index (χ0) is 22.1. The van der Waals surface area contributed by atoms with Gasteiger partial charge in [-0.05, 0) is 42.0 Å². The van der Waals surface area contributed by atoms with Crippen LogP contribution >= 0.6 is 0 Å². The number of aromatic nitrogens is 3. The molecule has 3 aromatic rings. The van der Waals surface area contributed by atoms with Crippen LogP contribution in [0.5, 0.6) is 17.2 Å². The third-order valence-corrected chi connectivity index (χ3v) is 5.66. The first kappa shape index (κ1) is 19.9. The number of methoxy groups -OCH3 is 3. The van der Waals surface area contributed by atoms with E-state index in [-0.39, 0.29) is 0 Å². The van der Waals surface area contributed by atoms with Crippen molar-refractivity contribution in [1.29, 1.82) is 0 Å². The summed E-state index contributed by atoms with van der Waals surface area (Å²) < 4.78 is 18.5. The van der Waals surface area contributed by atoms with Crippen LogP contribution in [0.2, 0.25) is 0 Å². The molecular weight excluding hydrogens is 402 g/mol. The topological polar surface area (TPSA) is 58.4 Å². The normalized spacial score (nSPS) is 11.1. The van der Waals surface area contributed by atoms with Gasteiger partial charge in [0.1, 0.15) is 17.1 Å². The first-order valence-corrected chi connectivity index (χ1v) is 10.3. The summed E-state index contributed by atoms with van der Waals surface area (Å²) >= 11 is 0. The summed E-state index contributed by atoms with van der Waals surface area (Å²) in [4.78, 5) is 0. The SMILES string of the molecule is COc1cccc(Cn2cc3c(-c4ccc(OC)c(OC)c4)nnc-3c3ccccc32)c1. The molecule has 0 saturated heterocycles. The average molecular weight is 425 g/mol. The van der Waals surface area contributed by atoms with Gasteiger partial charge < -0.3 is 18.8 Å². The van der Waals surface area contributed by atoms with Gasteiger partial charge in [-0.3, -0.25) is 0 Å². The van der Waals surface area contributed by atoms with Gasteiger partial charge in [0.25, 0.3) is 0 Å². The molecule has 0 spiro atoms. The van der Waals surface area contributed by atoms with Gasteiger partial charge in [0.2, 0.25) is 0 Å². The molecule has 0 aliphatic carbocycles. The number of para-hydroxylation sites is 1. The maximum atomic E-state index is 5.49. The molecule has 0 radical (unpaired) electrons. The highest BCUT2D eigenvalue weighted by atomic mass is 16.5. The van der Waals surface area contributed by atoms with E-state index in [0.717, 1.165) is 44.7 Å². The molecule has 0 N–H and O–H groups in total. The average Bonchev–Trinajstić information content (AvgIpc) is 3.28. The smallest absolute Gasteiger partial charge is 0.161 e. The fraction of sp³-hybridized carbons (Fsp3) is 0.154. The molecule has 2 aliphatic heterocycles. The summed E-state index contributed by atoms with van der Waals surface area (Å²) in [5.74, 6) is 2.18. The Morgan fingerprint density at radius 3 is 2.38 bits per heavy atom. The van der Waals surface area contributed by atoms with E-state index in [1.165, 1.54) is 0 Å². The summed E-state index contributed by atoms with van der Waals surface area (Å²) in [5.41, 5.74) is 5.85. The summed E-state index contributed by atoms with van der Waals surface area (Å²) in [7, 11) is 4.94. The minimum atomic E-state index is 0.659. The predicted molar refractivity (Wildman–Crippen MR) is 125 cm³/mol. The van der Waals surface area contributed by atoms with Crippen molar-refractivity contribution in [3.8, 4) is 39.8 Å².